The molecule has 2 aliphatic heterocycles. The Balaban J connectivity index is 1.56. The number of H-pyrrole nitrogens is 1. The van der Waals surface area contributed by atoms with E-state index in [9.17, 15) is 9.59 Å². The van der Waals surface area contributed by atoms with Gasteiger partial charge in [0.05, 0.1) is 17.4 Å². The molecule has 2 bridgehead atoms. The first-order valence-corrected chi connectivity index (χ1v) is 7.86. The second-order valence-electron chi connectivity index (χ2n) is 6.22. The Morgan fingerprint density at radius 2 is 1.96 bits per heavy atom. The summed E-state index contributed by atoms with van der Waals surface area (Å²) in [5.41, 5.74) is 0.673. The summed E-state index contributed by atoms with van der Waals surface area (Å²) >= 11 is 0. The van der Waals surface area contributed by atoms with Crippen LogP contribution in [0.2, 0.25) is 0 Å². The number of carbonyl (C=O) groups excluding carboxylic acids is 1. The van der Waals surface area contributed by atoms with E-state index in [0.29, 0.717) is 23.9 Å². The first-order chi connectivity index (χ1) is 11.2. The van der Waals surface area contributed by atoms with Gasteiger partial charge in [0.15, 0.2) is 0 Å². The molecule has 0 amide bonds. The van der Waals surface area contributed by atoms with Crippen LogP contribution in [0.15, 0.2) is 29.1 Å². The number of aromatic amines is 1. The SMILES string of the molecule is N=CN1C2CCC1CC(OC(=O)n1c(=O)[nH]c3ccccc31)C2. The van der Waals surface area contributed by atoms with Crippen LogP contribution in [-0.2, 0) is 4.74 Å². The lowest BCUT2D eigenvalue weighted by Crippen LogP contribution is -2.45. The highest BCUT2D eigenvalue weighted by Gasteiger charge is 2.41. The van der Waals surface area contributed by atoms with Crippen LogP contribution in [0.1, 0.15) is 25.7 Å². The maximum absolute atomic E-state index is 12.5. The van der Waals surface area contributed by atoms with Gasteiger partial charge in [0.25, 0.3) is 0 Å². The van der Waals surface area contributed by atoms with Gasteiger partial charge < -0.3 is 14.6 Å². The Bertz CT molecular complexity index is 810. The number of benzene rings is 1. The fourth-order valence-corrected chi connectivity index (χ4v) is 3.90. The highest BCUT2D eigenvalue weighted by Crippen LogP contribution is 2.35. The molecule has 3 heterocycles. The molecule has 1 aromatic heterocycles. The number of fused-ring (bicyclic) bond motifs is 3. The van der Waals surface area contributed by atoms with Gasteiger partial charge in [-0.1, -0.05) is 12.1 Å². The van der Waals surface area contributed by atoms with Crippen molar-refractivity contribution in [2.24, 2.45) is 0 Å². The molecule has 2 unspecified atom stereocenters. The van der Waals surface area contributed by atoms with Crippen molar-refractivity contribution in [1.82, 2.24) is 14.5 Å². The molecule has 23 heavy (non-hydrogen) atoms. The predicted octanol–water partition coefficient (Wildman–Crippen LogP) is 1.92. The van der Waals surface area contributed by atoms with Crippen molar-refractivity contribution >= 4 is 23.5 Å². The number of rotatable bonds is 2. The Hall–Kier alpha value is -2.57. The Morgan fingerprint density at radius 1 is 1.26 bits per heavy atom. The molecule has 7 heteroatoms. The minimum atomic E-state index is -0.625. The molecular weight excluding hydrogens is 296 g/mol. The summed E-state index contributed by atoms with van der Waals surface area (Å²) in [4.78, 5) is 29.2. The second kappa shape index (κ2) is 5.26. The van der Waals surface area contributed by atoms with Crippen LogP contribution >= 0.6 is 0 Å². The molecule has 2 fully saturated rings. The number of hydrogen-bond donors (Lipinski definition) is 2. The lowest BCUT2D eigenvalue weighted by atomic mass is 10.0. The summed E-state index contributed by atoms with van der Waals surface area (Å²) in [6, 6.07) is 7.59. The average molecular weight is 314 g/mol. The monoisotopic (exact) mass is 314 g/mol. The molecule has 2 atom stereocenters. The van der Waals surface area contributed by atoms with Crippen molar-refractivity contribution in [2.45, 2.75) is 43.9 Å². The van der Waals surface area contributed by atoms with Gasteiger partial charge in [-0.25, -0.2) is 9.59 Å². The number of nitrogens with one attached hydrogen (secondary N) is 2. The number of carbonyl (C=O) groups is 1. The molecule has 7 nitrogen and oxygen atoms in total. The van der Waals surface area contributed by atoms with Crippen LogP contribution in [0, 0.1) is 5.41 Å². The number of nitrogens with zero attached hydrogens (tertiary/aromatic N) is 2. The third-order valence-electron chi connectivity index (χ3n) is 4.94. The number of piperidine rings is 1. The predicted molar refractivity (Wildman–Crippen MR) is 84.9 cm³/mol. The largest absolute Gasteiger partial charge is 0.445 e. The molecule has 0 aliphatic carbocycles. The molecule has 4 rings (SSSR count). The molecule has 120 valence electrons. The molecule has 2 N–H and O–H groups in total. The number of aromatic nitrogens is 2. The van der Waals surface area contributed by atoms with Crippen molar-refractivity contribution in [3.8, 4) is 0 Å². The minimum absolute atomic E-state index is 0.197. The topological polar surface area (TPSA) is 91.2 Å². The zero-order valence-corrected chi connectivity index (χ0v) is 12.6. The standard InChI is InChI=1S/C16H18N4O3/c17-9-19-10-5-6-11(19)8-12(7-10)23-16(22)20-14-4-2-1-3-13(14)18-15(20)21/h1-4,9-12,17H,5-8H2,(H,18,21). The minimum Gasteiger partial charge on any atom is -0.445 e. The molecule has 1 aromatic carbocycles. The van der Waals surface area contributed by atoms with E-state index in [4.69, 9.17) is 10.1 Å². The van der Waals surface area contributed by atoms with Gasteiger partial charge in [-0.05, 0) is 25.0 Å². The van der Waals surface area contributed by atoms with Gasteiger partial charge in [0.2, 0.25) is 0 Å². The molecule has 2 saturated heterocycles. The van der Waals surface area contributed by atoms with E-state index < -0.39 is 11.8 Å². The summed E-state index contributed by atoms with van der Waals surface area (Å²) in [6.07, 6.45) is 4.06. The number of para-hydroxylation sites is 2. The number of imidazole rings is 1. The van der Waals surface area contributed by atoms with Crippen molar-refractivity contribution in [3.05, 3.63) is 34.7 Å². The van der Waals surface area contributed by atoms with Crippen LogP contribution in [0.4, 0.5) is 4.79 Å². The molecule has 2 aliphatic rings. The summed E-state index contributed by atoms with van der Waals surface area (Å²) in [5.74, 6) is 0. The van der Waals surface area contributed by atoms with Gasteiger partial charge in [0.1, 0.15) is 6.10 Å². The van der Waals surface area contributed by atoms with E-state index >= 15 is 0 Å². The maximum atomic E-state index is 12.5. The first-order valence-electron chi connectivity index (χ1n) is 7.86. The van der Waals surface area contributed by atoms with Gasteiger partial charge in [-0.15, -0.1) is 0 Å². The average Bonchev–Trinajstić information content (AvgIpc) is 3.00. The van der Waals surface area contributed by atoms with Crippen LogP contribution in [-0.4, -0.2) is 45.1 Å². The van der Waals surface area contributed by atoms with E-state index in [-0.39, 0.29) is 18.2 Å². The normalized spacial score (nSPS) is 26.4. The van der Waals surface area contributed by atoms with Crippen molar-refractivity contribution in [3.63, 3.8) is 0 Å². The lowest BCUT2D eigenvalue weighted by Gasteiger charge is -2.36. The molecular formula is C16H18N4O3. The highest BCUT2D eigenvalue weighted by atomic mass is 16.6. The van der Waals surface area contributed by atoms with Crippen LogP contribution in [0.3, 0.4) is 0 Å². The maximum Gasteiger partial charge on any atom is 0.423 e. The Kier molecular flexibility index (Phi) is 3.21. The zero-order chi connectivity index (χ0) is 16.0. The van der Waals surface area contributed by atoms with E-state index in [1.807, 2.05) is 0 Å². The third-order valence-corrected chi connectivity index (χ3v) is 4.94. The lowest BCUT2D eigenvalue weighted by molar-refractivity contribution is 0.0442. The molecule has 0 spiro atoms. The second-order valence-corrected chi connectivity index (χ2v) is 6.22. The third kappa shape index (κ3) is 2.23. The number of hydrogen-bond acceptors (Lipinski definition) is 4. The van der Waals surface area contributed by atoms with Crippen molar-refractivity contribution < 1.29 is 9.53 Å². The Morgan fingerprint density at radius 3 is 2.65 bits per heavy atom. The van der Waals surface area contributed by atoms with Crippen LogP contribution in [0.5, 0.6) is 0 Å². The summed E-state index contributed by atoms with van der Waals surface area (Å²) in [7, 11) is 0. The summed E-state index contributed by atoms with van der Waals surface area (Å²) in [6.45, 7) is 0. The van der Waals surface area contributed by atoms with Crippen LogP contribution < -0.4 is 5.69 Å². The van der Waals surface area contributed by atoms with E-state index in [2.05, 4.69) is 9.88 Å². The smallest absolute Gasteiger partial charge is 0.423 e. The van der Waals surface area contributed by atoms with Crippen LogP contribution in [0.25, 0.3) is 11.0 Å². The summed E-state index contributed by atoms with van der Waals surface area (Å²) < 4.78 is 6.66. The zero-order valence-electron chi connectivity index (χ0n) is 12.6. The fraction of sp³-hybridized carbons (Fsp3) is 0.438. The van der Waals surface area contributed by atoms with Gasteiger partial charge in [0, 0.05) is 24.9 Å². The Labute approximate surface area is 132 Å². The van der Waals surface area contributed by atoms with Crippen molar-refractivity contribution in [1.29, 1.82) is 5.41 Å². The van der Waals surface area contributed by atoms with E-state index in [1.54, 1.807) is 24.3 Å². The quantitative estimate of drug-likeness (QED) is 0.654. The molecule has 2 aromatic rings. The van der Waals surface area contributed by atoms with Gasteiger partial charge in [-0.3, -0.25) is 5.41 Å². The van der Waals surface area contributed by atoms with Gasteiger partial charge >= 0.3 is 11.8 Å². The van der Waals surface area contributed by atoms with Gasteiger partial charge in [-0.2, -0.15) is 4.57 Å². The van der Waals surface area contributed by atoms with Crippen molar-refractivity contribution in [2.75, 3.05) is 0 Å². The molecule has 0 saturated carbocycles. The van der Waals surface area contributed by atoms with E-state index in [1.165, 1.54) is 6.34 Å². The molecule has 0 radical (unpaired) electrons. The highest BCUT2D eigenvalue weighted by molar-refractivity contribution is 5.86. The number of ether oxygens (including phenoxy) is 1. The summed E-state index contributed by atoms with van der Waals surface area (Å²) in [5, 5.41) is 7.48. The fourth-order valence-electron chi connectivity index (χ4n) is 3.90. The van der Waals surface area contributed by atoms with E-state index in [0.717, 1.165) is 17.4 Å². The first kappa shape index (κ1) is 14.0.